The van der Waals surface area contributed by atoms with E-state index in [9.17, 15) is 49.1 Å². The summed E-state index contributed by atoms with van der Waals surface area (Å²) in [4.78, 5) is 24.2. The van der Waals surface area contributed by atoms with Crippen LogP contribution in [0.2, 0.25) is 10.0 Å². The Morgan fingerprint density at radius 1 is 0.976 bits per heavy atom. The van der Waals surface area contributed by atoms with Crippen LogP contribution in [0.3, 0.4) is 0 Å². The van der Waals surface area contributed by atoms with Gasteiger partial charge in [-0.1, -0.05) is 41.9 Å². The first kappa shape index (κ1) is 33.9. The van der Waals surface area contributed by atoms with Crippen molar-refractivity contribution in [3.63, 3.8) is 0 Å². The zero-order chi connectivity index (χ0) is 31.5. The number of benzene rings is 2. The van der Waals surface area contributed by atoms with Crippen molar-refractivity contribution in [2.45, 2.75) is 37.4 Å². The van der Waals surface area contributed by atoms with Crippen molar-refractivity contribution in [1.29, 1.82) is 0 Å². The van der Waals surface area contributed by atoms with Crippen LogP contribution in [0, 0.1) is 0 Å². The molecule has 2 N–H and O–H groups in total. The number of hydrogen-bond acceptors (Lipinski definition) is 2. The fourth-order valence-electron chi connectivity index (χ4n) is 3.41. The largest absolute Gasteiger partial charge is 0.417 e. The highest BCUT2D eigenvalue weighted by Gasteiger charge is 2.41. The molecule has 0 aromatic heterocycles. The topological polar surface area (TPSA) is 58.2 Å². The molecule has 224 valence electrons. The third-order valence-electron chi connectivity index (χ3n) is 5.38. The molecule has 0 saturated heterocycles. The van der Waals surface area contributed by atoms with Gasteiger partial charge in [-0.2, -0.15) is 39.5 Å². The molecule has 0 aliphatic carbocycles. The molecule has 2 rings (SSSR count). The minimum atomic E-state index is -5.34. The molecule has 2 atom stereocenters. The number of rotatable bonds is 8. The Kier molecular flexibility index (Phi) is 10.5. The average Bonchev–Trinajstić information content (AvgIpc) is 2.83. The van der Waals surface area contributed by atoms with Crippen LogP contribution < -0.4 is 10.6 Å². The number of hydrogen-bond donors (Lipinski definition) is 2. The van der Waals surface area contributed by atoms with Gasteiger partial charge in [-0.25, -0.2) is 4.39 Å². The monoisotopic (exact) mass is 638 g/mol. The fraction of sp³-hybridized carbons (Fsp3) is 0.280. The Bertz CT molecular complexity index is 1330. The van der Waals surface area contributed by atoms with Crippen molar-refractivity contribution in [2.75, 3.05) is 6.54 Å². The first-order valence-corrected chi connectivity index (χ1v) is 11.8. The standard InChI is InChI=1S/C25H18Cl2F10N2O2/c1-3-14-18(26)7-13(8-19(14)27)16(24(32,33)34)9-20(28)12-4-5-15(17(6-12)25(35,36)37)22(41)39-11(2)21(40)38-10-23(29,30)31/h3-9,11,16H,1,10H2,2H3,(H,38,40)(H,39,41)/b20-9-/t11-,16?/m1/s1. The summed E-state index contributed by atoms with van der Waals surface area (Å²) in [6.45, 7) is 2.53. The highest BCUT2D eigenvalue weighted by molar-refractivity contribution is 6.37. The molecule has 1 unspecified atom stereocenters. The molecule has 0 bridgehead atoms. The molecule has 2 aromatic rings. The summed E-state index contributed by atoms with van der Waals surface area (Å²) in [6.07, 6.45) is -14.1. The molecule has 16 heteroatoms. The van der Waals surface area contributed by atoms with E-state index in [4.69, 9.17) is 23.2 Å². The van der Waals surface area contributed by atoms with E-state index < -0.39 is 76.9 Å². The van der Waals surface area contributed by atoms with Gasteiger partial charge >= 0.3 is 18.5 Å². The van der Waals surface area contributed by atoms with E-state index in [1.165, 1.54) is 11.4 Å². The third kappa shape index (κ3) is 9.12. The number of amides is 2. The summed E-state index contributed by atoms with van der Waals surface area (Å²) in [7, 11) is 0. The van der Waals surface area contributed by atoms with Crippen LogP contribution >= 0.6 is 23.2 Å². The maximum absolute atomic E-state index is 15.0. The molecule has 2 amide bonds. The second-order valence-electron chi connectivity index (χ2n) is 8.42. The van der Waals surface area contributed by atoms with Crippen molar-refractivity contribution in [3.05, 3.63) is 80.8 Å². The number of halogens is 12. The first-order chi connectivity index (χ1) is 18.7. The van der Waals surface area contributed by atoms with Gasteiger partial charge < -0.3 is 10.6 Å². The summed E-state index contributed by atoms with van der Waals surface area (Å²) in [5, 5.41) is 2.72. The molecular formula is C25H18Cl2F10N2O2. The van der Waals surface area contributed by atoms with E-state index >= 15 is 4.39 Å². The molecule has 0 aliphatic rings. The maximum atomic E-state index is 15.0. The van der Waals surface area contributed by atoms with Crippen LogP contribution in [0.15, 0.2) is 43.0 Å². The van der Waals surface area contributed by atoms with Gasteiger partial charge in [0, 0.05) is 21.2 Å². The van der Waals surface area contributed by atoms with Crippen LogP contribution in [-0.4, -0.2) is 36.8 Å². The van der Waals surface area contributed by atoms with Gasteiger partial charge in [-0.05, 0) is 42.8 Å². The minimum absolute atomic E-state index is 0.00212. The van der Waals surface area contributed by atoms with E-state index in [1.54, 1.807) is 5.32 Å². The molecule has 2 aromatic carbocycles. The lowest BCUT2D eigenvalue weighted by atomic mass is 9.94. The second-order valence-corrected chi connectivity index (χ2v) is 9.24. The second kappa shape index (κ2) is 12.7. The van der Waals surface area contributed by atoms with Crippen molar-refractivity contribution >= 4 is 46.9 Å². The Labute approximate surface area is 236 Å². The zero-order valence-electron chi connectivity index (χ0n) is 20.5. The summed E-state index contributed by atoms with van der Waals surface area (Å²) < 4.78 is 134. The summed E-state index contributed by atoms with van der Waals surface area (Å²) >= 11 is 11.8. The molecule has 0 saturated carbocycles. The predicted octanol–water partition coefficient (Wildman–Crippen LogP) is 8.11. The van der Waals surface area contributed by atoms with Crippen molar-refractivity contribution < 1.29 is 53.5 Å². The lowest BCUT2D eigenvalue weighted by molar-refractivity contribution is -0.140. The average molecular weight is 639 g/mol. The zero-order valence-corrected chi connectivity index (χ0v) is 22.0. The third-order valence-corrected chi connectivity index (χ3v) is 6.01. The number of allylic oxidation sites excluding steroid dienone is 1. The lowest BCUT2D eigenvalue weighted by Gasteiger charge is -2.20. The molecule has 0 spiro atoms. The Morgan fingerprint density at radius 2 is 1.54 bits per heavy atom. The summed E-state index contributed by atoms with van der Waals surface area (Å²) in [5.74, 6) is -7.38. The molecule has 0 radical (unpaired) electrons. The quantitative estimate of drug-likeness (QED) is 0.287. The van der Waals surface area contributed by atoms with E-state index in [2.05, 4.69) is 6.58 Å². The number of nitrogens with one attached hydrogen (secondary N) is 2. The van der Waals surface area contributed by atoms with E-state index in [1.807, 2.05) is 0 Å². The van der Waals surface area contributed by atoms with Gasteiger partial charge in [0.15, 0.2) is 0 Å². The predicted molar refractivity (Wildman–Crippen MR) is 132 cm³/mol. The molecule has 0 fully saturated rings. The van der Waals surface area contributed by atoms with Crippen LogP contribution in [0.25, 0.3) is 11.9 Å². The van der Waals surface area contributed by atoms with Gasteiger partial charge in [-0.15, -0.1) is 0 Å². The van der Waals surface area contributed by atoms with Crippen molar-refractivity contribution in [1.82, 2.24) is 10.6 Å². The Balaban J connectivity index is 2.47. The smallest absolute Gasteiger partial charge is 0.345 e. The first-order valence-electron chi connectivity index (χ1n) is 11.1. The van der Waals surface area contributed by atoms with Gasteiger partial charge in [0.05, 0.1) is 11.1 Å². The number of alkyl halides is 9. The van der Waals surface area contributed by atoms with Crippen LogP contribution in [0.1, 0.15) is 45.5 Å². The maximum Gasteiger partial charge on any atom is 0.417 e. The molecule has 4 nitrogen and oxygen atoms in total. The molecule has 0 aliphatic heterocycles. The van der Waals surface area contributed by atoms with Crippen LogP contribution in [0.4, 0.5) is 43.9 Å². The van der Waals surface area contributed by atoms with Gasteiger partial charge in [-0.3, -0.25) is 9.59 Å². The molecular weight excluding hydrogens is 621 g/mol. The van der Waals surface area contributed by atoms with Gasteiger partial charge in [0.1, 0.15) is 24.3 Å². The normalized spacial score (nSPS) is 14.3. The van der Waals surface area contributed by atoms with Crippen molar-refractivity contribution in [2.24, 2.45) is 0 Å². The van der Waals surface area contributed by atoms with Gasteiger partial charge in [0.25, 0.3) is 5.91 Å². The minimum Gasteiger partial charge on any atom is -0.345 e. The highest BCUT2D eigenvalue weighted by atomic mass is 35.5. The number of carbonyl (C=O) groups excluding carboxylic acids is 2. The van der Waals surface area contributed by atoms with Crippen molar-refractivity contribution in [3.8, 4) is 0 Å². The Hall–Kier alpha value is -3.26. The van der Waals surface area contributed by atoms with E-state index in [0.717, 1.165) is 19.1 Å². The SMILES string of the molecule is C=Cc1c(Cl)cc(C(/C=C(\F)c2ccc(C(=O)N[C@H](C)C(=O)NCC(F)(F)F)c(C(F)(F)F)c2)C(F)(F)F)cc1Cl. The van der Waals surface area contributed by atoms with Crippen LogP contribution in [0.5, 0.6) is 0 Å². The van der Waals surface area contributed by atoms with E-state index in [-0.39, 0.29) is 27.8 Å². The Morgan fingerprint density at radius 3 is 2.00 bits per heavy atom. The van der Waals surface area contributed by atoms with Gasteiger partial charge in [0.2, 0.25) is 5.91 Å². The summed E-state index contributed by atoms with van der Waals surface area (Å²) in [6, 6.07) is 1.05. The fourth-order valence-corrected chi connectivity index (χ4v) is 4.06. The van der Waals surface area contributed by atoms with Crippen LogP contribution in [-0.2, 0) is 11.0 Å². The molecule has 41 heavy (non-hydrogen) atoms. The number of carbonyl (C=O) groups is 2. The lowest BCUT2D eigenvalue weighted by Crippen LogP contribution is -2.47. The highest BCUT2D eigenvalue weighted by Crippen LogP contribution is 2.42. The van der Waals surface area contributed by atoms with E-state index in [0.29, 0.717) is 12.1 Å². The summed E-state index contributed by atoms with van der Waals surface area (Å²) in [5.41, 5.74) is -4.48. The molecule has 0 heterocycles.